The second-order valence-corrected chi connectivity index (χ2v) is 5.41. The summed E-state index contributed by atoms with van der Waals surface area (Å²) in [7, 11) is 0. The third-order valence-corrected chi connectivity index (χ3v) is 4.09. The number of aliphatic hydroxyl groups is 1. The van der Waals surface area contributed by atoms with Crippen molar-refractivity contribution in [2.75, 3.05) is 0 Å². The van der Waals surface area contributed by atoms with Gasteiger partial charge in [0.2, 0.25) is 11.2 Å². The zero-order valence-corrected chi connectivity index (χ0v) is 11.9. The van der Waals surface area contributed by atoms with Gasteiger partial charge in [0, 0.05) is 16.2 Å². The maximum Gasteiger partial charge on any atom is 0.449 e. The average Bonchev–Trinajstić information content (AvgIpc) is 2.87. The highest BCUT2D eigenvalue weighted by Crippen LogP contribution is 2.29. The van der Waals surface area contributed by atoms with Crippen molar-refractivity contribution < 1.29 is 18.3 Å². The summed E-state index contributed by atoms with van der Waals surface area (Å²) in [6, 6.07) is 11.2. The monoisotopic (exact) mass is 331 g/mol. The van der Waals surface area contributed by atoms with Gasteiger partial charge in [-0.25, -0.2) is 0 Å². The van der Waals surface area contributed by atoms with E-state index in [4.69, 9.17) is 0 Å². The summed E-state index contributed by atoms with van der Waals surface area (Å²) >= 11 is 0. The number of fused-ring (bicyclic) bond motifs is 3. The fourth-order valence-corrected chi connectivity index (χ4v) is 3.11. The summed E-state index contributed by atoms with van der Waals surface area (Å²) in [5, 5.41) is 9.37. The van der Waals surface area contributed by atoms with Crippen LogP contribution in [0, 0.1) is 0 Å². The molecule has 0 spiro atoms. The summed E-state index contributed by atoms with van der Waals surface area (Å²) in [6.07, 6.45) is -5.19. The minimum absolute atomic E-state index is 0.0471. The molecule has 4 rings (SSSR count). The van der Waals surface area contributed by atoms with Gasteiger partial charge >= 0.3 is 6.18 Å². The number of aliphatic hydroxyl groups excluding tert-OH is 1. The number of para-hydroxylation sites is 2. The Bertz CT molecular complexity index is 1290. The standard InChI is InChI=1S/C17H8F3NO3/c18-17(19,20)15(23)12-14(22)10-6-3-5-9-8-4-1-2-7-11(8)21(13(9)10)16(12)24/h1-7,23H/b15-12+. The Morgan fingerprint density at radius 2 is 1.54 bits per heavy atom. The van der Waals surface area contributed by atoms with E-state index in [0.29, 0.717) is 16.3 Å². The number of rotatable bonds is 0. The molecule has 0 aliphatic rings. The van der Waals surface area contributed by atoms with Gasteiger partial charge in [-0.2, -0.15) is 13.2 Å². The lowest BCUT2D eigenvalue weighted by Gasteiger charge is -2.05. The Balaban J connectivity index is 2.49. The van der Waals surface area contributed by atoms with Gasteiger partial charge in [-0.3, -0.25) is 14.0 Å². The van der Waals surface area contributed by atoms with E-state index in [-0.39, 0.29) is 10.9 Å². The average molecular weight is 331 g/mol. The van der Waals surface area contributed by atoms with E-state index in [1.54, 1.807) is 30.3 Å². The Labute approximate surface area is 131 Å². The zero-order valence-electron chi connectivity index (χ0n) is 11.9. The number of nitrogens with zero attached hydrogens (tertiary/aromatic N) is 1. The molecule has 0 aliphatic heterocycles. The number of hydrogen-bond acceptors (Lipinski definition) is 3. The van der Waals surface area contributed by atoms with Crippen molar-refractivity contribution in [2.45, 2.75) is 6.18 Å². The van der Waals surface area contributed by atoms with Crippen LogP contribution in [0.1, 0.15) is 0 Å². The van der Waals surface area contributed by atoms with Crippen LogP contribution in [0.5, 0.6) is 0 Å². The van der Waals surface area contributed by atoms with Crippen LogP contribution in [0.4, 0.5) is 13.2 Å². The van der Waals surface area contributed by atoms with Gasteiger partial charge in [-0.05, 0) is 12.1 Å². The first kappa shape index (κ1) is 14.5. The van der Waals surface area contributed by atoms with E-state index in [1.165, 1.54) is 12.1 Å². The molecule has 4 aromatic rings. The minimum atomic E-state index is -5.19. The number of halogens is 3. The zero-order chi connectivity index (χ0) is 17.2. The third kappa shape index (κ3) is 1.69. The Hall–Kier alpha value is -3.09. The van der Waals surface area contributed by atoms with Crippen molar-refractivity contribution in [1.29, 1.82) is 0 Å². The van der Waals surface area contributed by atoms with Crippen molar-refractivity contribution >= 4 is 33.0 Å². The number of alkyl halides is 3. The molecule has 0 saturated heterocycles. The molecule has 0 radical (unpaired) electrons. The van der Waals surface area contributed by atoms with E-state index in [0.717, 1.165) is 4.40 Å². The normalized spacial score (nSPS) is 14.0. The Morgan fingerprint density at radius 3 is 2.25 bits per heavy atom. The quantitative estimate of drug-likeness (QED) is 0.538. The van der Waals surface area contributed by atoms with Gasteiger partial charge < -0.3 is 5.11 Å². The molecule has 120 valence electrons. The molecule has 0 amide bonds. The van der Waals surface area contributed by atoms with Crippen molar-refractivity contribution in [3.8, 4) is 0 Å². The number of hydrogen-bond donors (Lipinski definition) is 1. The highest BCUT2D eigenvalue weighted by molar-refractivity contribution is 6.13. The smallest absolute Gasteiger partial charge is 0.449 e. The van der Waals surface area contributed by atoms with E-state index in [9.17, 15) is 27.9 Å². The van der Waals surface area contributed by atoms with Crippen molar-refractivity contribution in [3.63, 3.8) is 0 Å². The summed E-state index contributed by atoms with van der Waals surface area (Å²) in [5.41, 5.74) is -1.67. The van der Waals surface area contributed by atoms with E-state index in [2.05, 4.69) is 0 Å². The highest BCUT2D eigenvalue weighted by Gasteiger charge is 2.36. The van der Waals surface area contributed by atoms with Crippen molar-refractivity contribution in [2.24, 2.45) is 0 Å². The van der Waals surface area contributed by atoms with Crippen LogP contribution in [0.3, 0.4) is 0 Å². The highest BCUT2D eigenvalue weighted by atomic mass is 19.4. The van der Waals surface area contributed by atoms with Crippen LogP contribution in [0.25, 0.3) is 33.0 Å². The molecule has 0 saturated carbocycles. The predicted octanol–water partition coefficient (Wildman–Crippen LogP) is 2.35. The van der Waals surface area contributed by atoms with Gasteiger partial charge in [0.1, 0.15) is 5.22 Å². The Morgan fingerprint density at radius 1 is 0.917 bits per heavy atom. The number of aromatic nitrogens is 1. The largest absolute Gasteiger partial charge is 0.504 e. The summed E-state index contributed by atoms with van der Waals surface area (Å²) in [5.74, 6) is -2.17. The van der Waals surface area contributed by atoms with E-state index in [1.807, 2.05) is 0 Å². The second kappa shape index (κ2) is 4.47. The van der Waals surface area contributed by atoms with Crippen LogP contribution in [0.15, 0.2) is 52.1 Å². The molecule has 2 heterocycles. The van der Waals surface area contributed by atoms with Gasteiger partial charge in [0.25, 0.3) is 5.56 Å². The maximum absolute atomic E-state index is 12.9. The van der Waals surface area contributed by atoms with E-state index < -0.39 is 28.1 Å². The minimum Gasteiger partial charge on any atom is -0.504 e. The summed E-state index contributed by atoms with van der Waals surface area (Å²) < 4.78 is 39.7. The van der Waals surface area contributed by atoms with E-state index >= 15 is 0 Å². The molecule has 0 fully saturated rings. The fourth-order valence-electron chi connectivity index (χ4n) is 3.11. The first-order valence-electron chi connectivity index (χ1n) is 6.94. The van der Waals surface area contributed by atoms with Crippen LogP contribution in [-0.4, -0.2) is 15.7 Å². The lowest BCUT2D eigenvalue weighted by Crippen LogP contribution is -2.46. The molecule has 2 aromatic carbocycles. The van der Waals surface area contributed by atoms with Gasteiger partial charge in [-0.1, -0.05) is 30.3 Å². The molecular weight excluding hydrogens is 323 g/mol. The summed E-state index contributed by atoms with van der Waals surface area (Å²) in [4.78, 5) is 25.0. The topological polar surface area (TPSA) is 58.8 Å². The molecule has 0 bridgehead atoms. The Kier molecular flexibility index (Phi) is 2.70. The van der Waals surface area contributed by atoms with Gasteiger partial charge in [-0.15, -0.1) is 0 Å². The number of benzene rings is 2. The molecule has 0 aliphatic carbocycles. The molecular formula is C17H8F3NO3. The van der Waals surface area contributed by atoms with Crippen molar-refractivity contribution in [1.82, 2.24) is 4.40 Å². The molecule has 2 aromatic heterocycles. The molecule has 4 nitrogen and oxygen atoms in total. The molecule has 0 atom stereocenters. The van der Waals surface area contributed by atoms with Crippen LogP contribution >= 0.6 is 0 Å². The van der Waals surface area contributed by atoms with Gasteiger partial charge in [0.05, 0.1) is 11.0 Å². The lowest BCUT2D eigenvalue weighted by molar-refractivity contribution is -0.0898. The molecule has 0 unspecified atom stereocenters. The SMILES string of the molecule is O=c1/c(=C(\O)C(F)(F)F)c(=O)n2c3ccccc3c3cccc1c32. The molecule has 24 heavy (non-hydrogen) atoms. The number of pyridine rings is 1. The molecule has 1 N–H and O–H groups in total. The second-order valence-electron chi connectivity index (χ2n) is 5.41. The first-order chi connectivity index (χ1) is 11.3. The van der Waals surface area contributed by atoms with Crippen molar-refractivity contribution in [3.05, 3.63) is 68.3 Å². The summed E-state index contributed by atoms with van der Waals surface area (Å²) in [6.45, 7) is 0. The fraction of sp³-hybridized carbons (Fsp3) is 0.0588. The predicted molar refractivity (Wildman–Crippen MR) is 83.4 cm³/mol. The maximum atomic E-state index is 12.9. The lowest BCUT2D eigenvalue weighted by atomic mass is 10.1. The van der Waals surface area contributed by atoms with Crippen LogP contribution in [0.2, 0.25) is 0 Å². The molecule has 7 heteroatoms. The van der Waals surface area contributed by atoms with Gasteiger partial charge in [0.15, 0.2) is 0 Å². The third-order valence-electron chi connectivity index (χ3n) is 4.09. The van der Waals surface area contributed by atoms with Crippen LogP contribution < -0.4 is 16.2 Å². The first-order valence-corrected chi connectivity index (χ1v) is 6.94. The van der Waals surface area contributed by atoms with Crippen LogP contribution in [-0.2, 0) is 0 Å².